The molecule has 1 aromatic rings. The molecule has 2 rings (SSSR count). The summed E-state index contributed by atoms with van der Waals surface area (Å²) in [4.78, 5) is 22.8. The first-order valence-corrected chi connectivity index (χ1v) is 6.37. The highest BCUT2D eigenvalue weighted by Gasteiger charge is 2.39. The summed E-state index contributed by atoms with van der Waals surface area (Å²) in [5.41, 5.74) is -0.312. The van der Waals surface area contributed by atoms with Gasteiger partial charge in [-0.1, -0.05) is 23.2 Å². The molecule has 1 aromatic carbocycles. The van der Waals surface area contributed by atoms with Crippen LogP contribution in [0.25, 0.3) is 0 Å². The van der Waals surface area contributed by atoms with Gasteiger partial charge in [0.15, 0.2) is 0 Å². The van der Waals surface area contributed by atoms with Gasteiger partial charge < -0.3 is 15.1 Å². The Hall–Kier alpha value is -1.57. The van der Waals surface area contributed by atoms with Crippen LogP contribution in [0.1, 0.15) is 6.42 Å². The molecular weight excluding hydrogens is 311 g/mol. The van der Waals surface area contributed by atoms with Crippen LogP contribution in [-0.2, 0) is 4.79 Å². The number of nitrogens with zero attached hydrogens (tertiary/aromatic N) is 2. The lowest BCUT2D eigenvalue weighted by Gasteiger charge is -2.23. The van der Waals surface area contributed by atoms with E-state index in [1.54, 1.807) is 0 Å². The van der Waals surface area contributed by atoms with Crippen molar-refractivity contribution in [2.45, 2.75) is 18.6 Å². The van der Waals surface area contributed by atoms with E-state index in [0.717, 1.165) is 6.07 Å². The number of carboxylic acids is 1. The number of nitro benzene ring substituents is 1. The SMILES string of the molecule is O=C(O)C1CC(O)CN1c1cc(Cl)c(Cl)cc1[N+](=O)[O-]. The molecule has 0 spiro atoms. The second-order valence-corrected chi connectivity index (χ2v) is 5.22. The number of anilines is 1. The third kappa shape index (κ3) is 2.65. The molecule has 0 aliphatic carbocycles. The first kappa shape index (κ1) is 14.8. The molecule has 1 aliphatic heterocycles. The number of aliphatic carboxylic acids is 1. The van der Waals surface area contributed by atoms with Crippen LogP contribution in [0.2, 0.25) is 10.0 Å². The van der Waals surface area contributed by atoms with Crippen molar-refractivity contribution < 1.29 is 19.9 Å². The molecule has 1 fully saturated rings. The summed E-state index contributed by atoms with van der Waals surface area (Å²) in [5, 5.41) is 29.9. The average molecular weight is 321 g/mol. The number of nitro groups is 1. The van der Waals surface area contributed by atoms with Crippen molar-refractivity contribution in [3.05, 3.63) is 32.3 Å². The van der Waals surface area contributed by atoms with E-state index >= 15 is 0 Å². The molecule has 1 aliphatic rings. The number of benzene rings is 1. The highest BCUT2D eigenvalue weighted by atomic mass is 35.5. The highest BCUT2D eigenvalue weighted by molar-refractivity contribution is 6.42. The molecule has 7 nitrogen and oxygen atoms in total. The van der Waals surface area contributed by atoms with E-state index in [4.69, 9.17) is 28.3 Å². The van der Waals surface area contributed by atoms with Gasteiger partial charge in [-0.15, -0.1) is 0 Å². The third-order valence-corrected chi connectivity index (χ3v) is 3.81. The second kappa shape index (κ2) is 5.43. The summed E-state index contributed by atoms with van der Waals surface area (Å²) in [6, 6.07) is 1.28. The van der Waals surface area contributed by atoms with Crippen LogP contribution in [-0.4, -0.2) is 39.8 Å². The summed E-state index contributed by atoms with van der Waals surface area (Å²) in [6.45, 7) is -0.0181. The van der Waals surface area contributed by atoms with E-state index in [1.807, 2.05) is 0 Å². The number of carboxylic acid groups (broad SMARTS) is 1. The highest BCUT2D eigenvalue weighted by Crippen LogP contribution is 2.39. The summed E-state index contributed by atoms with van der Waals surface area (Å²) in [6.07, 6.45) is -0.877. The Bertz CT molecular complexity index is 580. The van der Waals surface area contributed by atoms with Crippen molar-refractivity contribution >= 4 is 40.5 Å². The molecule has 108 valence electrons. The van der Waals surface area contributed by atoms with Crippen LogP contribution >= 0.6 is 23.2 Å². The smallest absolute Gasteiger partial charge is 0.326 e. The molecule has 0 radical (unpaired) electrons. The predicted octanol–water partition coefficient (Wildman–Crippen LogP) is 1.93. The first-order valence-electron chi connectivity index (χ1n) is 5.62. The molecule has 2 atom stereocenters. The number of halogens is 2. The van der Waals surface area contributed by atoms with E-state index < -0.39 is 23.0 Å². The normalized spacial score (nSPS) is 22.1. The van der Waals surface area contributed by atoms with Gasteiger partial charge in [0.25, 0.3) is 5.69 Å². The molecule has 1 saturated heterocycles. The van der Waals surface area contributed by atoms with Gasteiger partial charge in [-0.2, -0.15) is 0 Å². The lowest BCUT2D eigenvalue weighted by Crippen LogP contribution is -2.36. The van der Waals surface area contributed by atoms with Gasteiger partial charge in [0.2, 0.25) is 0 Å². The Balaban J connectivity index is 2.53. The minimum absolute atomic E-state index is 0.00721. The Morgan fingerprint density at radius 1 is 1.40 bits per heavy atom. The van der Waals surface area contributed by atoms with Crippen LogP contribution in [0, 0.1) is 10.1 Å². The van der Waals surface area contributed by atoms with E-state index in [1.165, 1.54) is 11.0 Å². The van der Waals surface area contributed by atoms with Crippen LogP contribution in [0.15, 0.2) is 12.1 Å². The lowest BCUT2D eigenvalue weighted by molar-refractivity contribution is -0.384. The van der Waals surface area contributed by atoms with E-state index in [9.17, 15) is 20.0 Å². The Morgan fingerprint density at radius 3 is 2.55 bits per heavy atom. The van der Waals surface area contributed by atoms with Crippen molar-refractivity contribution in [3.63, 3.8) is 0 Å². The fourth-order valence-corrected chi connectivity index (χ4v) is 2.53. The number of hydrogen-bond acceptors (Lipinski definition) is 5. The molecule has 9 heteroatoms. The van der Waals surface area contributed by atoms with Crippen molar-refractivity contribution in [2.24, 2.45) is 0 Å². The van der Waals surface area contributed by atoms with Gasteiger partial charge in [0, 0.05) is 19.0 Å². The number of aliphatic hydroxyl groups excluding tert-OH is 1. The number of hydrogen-bond donors (Lipinski definition) is 2. The molecule has 1 heterocycles. The lowest BCUT2D eigenvalue weighted by atomic mass is 10.2. The predicted molar refractivity (Wildman–Crippen MR) is 72.5 cm³/mol. The van der Waals surface area contributed by atoms with Gasteiger partial charge in [0.05, 0.1) is 21.1 Å². The van der Waals surface area contributed by atoms with Crippen molar-refractivity contribution in [1.82, 2.24) is 0 Å². The van der Waals surface area contributed by atoms with E-state index in [-0.39, 0.29) is 34.4 Å². The van der Waals surface area contributed by atoms with Crippen LogP contribution in [0.5, 0.6) is 0 Å². The van der Waals surface area contributed by atoms with Gasteiger partial charge in [-0.25, -0.2) is 4.79 Å². The summed E-state index contributed by atoms with van der Waals surface area (Å²) in [7, 11) is 0. The van der Waals surface area contributed by atoms with Gasteiger partial charge in [0.1, 0.15) is 11.7 Å². The monoisotopic (exact) mass is 320 g/mol. The van der Waals surface area contributed by atoms with Crippen LogP contribution in [0.3, 0.4) is 0 Å². The summed E-state index contributed by atoms with van der Waals surface area (Å²) >= 11 is 11.6. The molecule has 0 bridgehead atoms. The number of carbonyl (C=O) groups is 1. The zero-order valence-electron chi connectivity index (χ0n) is 9.99. The van der Waals surface area contributed by atoms with Crippen LogP contribution < -0.4 is 4.90 Å². The topological polar surface area (TPSA) is 104 Å². The Morgan fingerprint density at radius 2 is 2.00 bits per heavy atom. The molecule has 20 heavy (non-hydrogen) atoms. The van der Waals surface area contributed by atoms with Crippen molar-refractivity contribution in [3.8, 4) is 0 Å². The fourth-order valence-electron chi connectivity index (χ4n) is 2.22. The minimum atomic E-state index is -1.16. The molecular formula is C11H10Cl2N2O5. The van der Waals surface area contributed by atoms with Crippen molar-refractivity contribution in [1.29, 1.82) is 0 Å². The number of rotatable bonds is 3. The zero-order valence-corrected chi connectivity index (χ0v) is 11.5. The number of aliphatic hydroxyl groups is 1. The second-order valence-electron chi connectivity index (χ2n) is 4.41. The van der Waals surface area contributed by atoms with Crippen molar-refractivity contribution in [2.75, 3.05) is 11.4 Å². The fraction of sp³-hybridized carbons (Fsp3) is 0.364. The molecule has 0 aromatic heterocycles. The third-order valence-electron chi connectivity index (χ3n) is 3.09. The molecule has 2 unspecified atom stereocenters. The average Bonchev–Trinajstić information content (AvgIpc) is 2.74. The molecule has 0 saturated carbocycles. The van der Waals surface area contributed by atoms with E-state index in [0.29, 0.717) is 0 Å². The van der Waals surface area contributed by atoms with Gasteiger partial charge in [-0.3, -0.25) is 10.1 Å². The van der Waals surface area contributed by atoms with E-state index in [2.05, 4.69) is 0 Å². The summed E-state index contributed by atoms with van der Waals surface area (Å²) in [5.74, 6) is -1.16. The zero-order chi connectivity index (χ0) is 15.0. The Labute approximate surface area is 123 Å². The number of β-amino-alcohol motifs (C(OH)–C–C–N with tert-alkyl or cyclic N) is 1. The van der Waals surface area contributed by atoms with Gasteiger partial charge in [-0.05, 0) is 6.07 Å². The molecule has 2 N–H and O–H groups in total. The maximum absolute atomic E-state index is 11.2. The quantitative estimate of drug-likeness (QED) is 0.651. The largest absolute Gasteiger partial charge is 0.480 e. The maximum Gasteiger partial charge on any atom is 0.326 e. The van der Waals surface area contributed by atoms with Crippen LogP contribution in [0.4, 0.5) is 11.4 Å². The summed E-state index contributed by atoms with van der Waals surface area (Å²) < 4.78 is 0. The standard InChI is InChI=1S/C11H10Cl2N2O5/c12-6-2-8(9(15(19)20)3-7(6)13)14-4-5(16)1-10(14)11(17)18/h2-3,5,10,16H,1,4H2,(H,17,18). The first-order chi connectivity index (χ1) is 9.31. The Kier molecular flexibility index (Phi) is 4.03. The van der Waals surface area contributed by atoms with Gasteiger partial charge >= 0.3 is 5.97 Å². The molecule has 0 amide bonds. The minimum Gasteiger partial charge on any atom is -0.480 e. The maximum atomic E-state index is 11.2.